The molecule has 0 saturated heterocycles. The van der Waals surface area contributed by atoms with Gasteiger partial charge in [-0.1, -0.05) is 12.6 Å². The molecule has 1 aliphatic heterocycles. The third-order valence-electron chi connectivity index (χ3n) is 4.21. The molecular weight excluding hydrogens is 234 g/mol. The molecule has 0 amide bonds. The summed E-state index contributed by atoms with van der Waals surface area (Å²) in [7, 11) is 2.02. The molecule has 1 aromatic rings. The van der Waals surface area contributed by atoms with Crippen molar-refractivity contribution in [3.05, 3.63) is 51.8 Å². The average Bonchev–Trinajstić information content (AvgIpc) is 2.64. The Hall–Kier alpha value is -1.95. The van der Waals surface area contributed by atoms with E-state index in [-0.39, 0.29) is 6.17 Å². The maximum absolute atomic E-state index is 7.40. The second-order valence-electron chi connectivity index (χ2n) is 5.38. The van der Waals surface area contributed by atoms with E-state index in [2.05, 4.69) is 55.3 Å². The molecule has 3 nitrogen and oxygen atoms in total. The summed E-state index contributed by atoms with van der Waals surface area (Å²) in [5.41, 5.74) is 6.28. The van der Waals surface area contributed by atoms with Crippen LogP contribution in [0, 0.1) is 34.3 Å². The van der Waals surface area contributed by atoms with Gasteiger partial charge in [-0.3, -0.25) is 4.90 Å². The Morgan fingerprint density at radius 1 is 1.11 bits per heavy atom. The first-order valence-corrected chi connectivity index (χ1v) is 6.56. The summed E-state index contributed by atoms with van der Waals surface area (Å²) < 4.78 is 0. The highest BCUT2D eigenvalue weighted by molar-refractivity contribution is 5.68. The van der Waals surface area contributed by atoms with Gasteiger partial charge in [-0.2, -0.15) is 0 Å². The van der Waals surface area contributed by atoms with E-state index in [1.165, 1.54) is 27.9 Å². The van der Waals surface area contributed by atoms with Crippen LogP contribution in [0.2, 0.25) is 0 Å². The smallest absolute Gasteiger partial charge is 0.247 e. The molecule has 0 aromatic heterocycles. The molecule has 0 bridgehead atoms. The van der Waals surface area contributed by atoms with Crippen LogP contribution < -0.4 is 4.90 Å². The van der Waals surface area contributed by atoms with E-state index in [0.29, 0.717) is 5.82 Å². The second-order valence-corrected chi connectivity index (χ2v) is 5.38. The molecule has 19 heavy (non-hydrogen) atoms. The molecular formula is C16H21N3. The van der Waals surface area contributed by atoms with Crippen LogP contribution in [0.15, 0.2) is 18.1 Å². The third kappa shape index (κ3) is 1.98. The highest BCUT2D eigenvalue weighted by Crippen LogP contribution is 2.37. The van der Waals surface area contributed by atoms with Crippen LogP contribution >= 0.6 is 0 Å². The van der Waals surface area contributed by atoms with Crippen molar-refractivity contribution < 1.29 is 0 Å². The molecule has 1 aliphatic rings. The van der Waals surface area contributed by atoms with Crippen molar-refractivity contribution in [2.45, 2.75) is 40.8 Å². The molecule has 3 heteroatoms. The number of anilines is 1. The first-order chi connectivity index (χ1) is 8.88. The van der Waals surface area contributed by atoms with Crippen molar-refractivity contribution in [1.29, 1.82) is 0 Å². The first kappa shape index (κ1) is 13.5. The van der Waals surface area contributed by atoms with E-state index >= 15 is 0 Å². The predicted octanol–water partition coefficient (Wildman–Crippen LogP) is 3.74. The molecule has 0 aliphatic carbocycles. The van der Waals surface area contributed by atoms with Crippen molar-refractivity contribution in [1.82, 2.24) is 4.90 Å². The summed E-state index contributed by atoms with van der Waals surface area (Å²) in [6.45, 7) is 18.1. The Morgan fingerprint density at radius 2 is 1.63 bits per heavy atom. The van der Waals surface area contributed by atoms with Crippen molar-refractivity contribution in [2.24, 2.45) is 0 Å². The van der Waals surface area contributed by atoms with E-state index in [1.807, 2.05) is 13.2 Å². The van der Waals surface area contributed by atoms with E-state index in [9.17, 15) is 0 Å². The molecule has 1 atom stereocenters. The molecule has 0 spiro atoms. The summed E-state index contributed by atoms with van der Waals surface area (Å²) in [5, 5.41) is 0. The monoisotopic (exact) mass is 255 g/mol. The van der Waals surface area contributed by atoms with Crippen molar-refractivity contribution in [3.8, 4) is 0 Å². The minimum atomic E-state index is 0.183. The van der Waals surface area contributed by atoms with Gasteiger partial charge in [0.25, 0.3) is 0 Å². The Morgan fingerprint density at radius 3 is 2.11 bits per heavy atom. The van der Waals surface area contributed by atoms with Crippen molar-refractivity contribution in [2.75, 3.05) is 11.9 Å². The minimum Gasteiger partial charge on any atom is -0.363 e. The molecule has 0 unspecified atom stereocenters. The van der Waals surface area contributed by atoms with Gasteiger partial charge < -0.3 is 9.74 Å². The van der Waals surface area contributed by atoms with Gasteiger partial charge in [-0.05, 0) is 56.9 Å². The Labute approximate surface area is 116 Å². The van der Waals surface area contributed by atoms with Crippen LogP contribution in [0.25, 0.3) is 4.85 Å². The van der Waals surface area contributed by atoms with E-state index < -0.39 is 0 Å². The zero-order valence-electron chi connectivity index (χ0n) is 12.6. The highest BCUT2D eigenvalue weighted by atomic mass is 15.4. The van der Waals surface area contributed by atoms with Crippen LogP contribution in [-0.2, 0) is 0 Å². The van der Waals surface area contributed by atoms with Crippen molar-refractivity contribution in [3.63, 3.8) is 0 Å². The fourth-order valence-corrected chi connectivity index (χ4v) is 2.67. The van der Waals surface area contributed by atoms with E-state index in [0.717, 1.165) is 0 Å². The molecule has 2 rings (SSSR count). The topological polar surface area (TPSA) is 10.8 Å². The number of hydrogen-bond acceptors (Lipinski definition) is 2. The third-order valence-corrected chi connectivity index (χ3v) is 4.21. The first-order valence-electron chi connectivity index (χ1n) is 6.56. The summed E-state index contributed by atoms with van der Waals surface area (Å²) in [4.78, 5) is 7.92. The fraction of sp³-hybridized carbons (Fsp3) is 0.438. The Bertz CT molecular complexity index is 567. The maximum atomic E-state index is 7.40. The maximum Gasteiger partial charge on any atom is 0.247 e. The second kappa shape index (κ2) is 4.62. The van der Waals surface area contributed by atoms with Crippen LogP contribution in [0.4, 0.5) is 5.69 Å². The van der Waals surface area contributed by atoms with Gasteiger partial charge in [0.2, 0.25) is 5.82 Å². The molecule has 0 radical (unpaired) electrons. The van der Waals surface area contributed by atoms with Crippen LogP contribution in [0.3, 0.4) is 0 Å². The molecule has 1 heterocycles. The number of benzene rings is 1. The minimum absolute atomic E-state index is 0.183. The fourth-order valence-electron chi connectivity index (χ4n) is 2.67. The van der Waals surface area contributed by atoms with Gasteiger partial charge in [-0.25, -0.2) is 0 Å². The lowest BCUT2D eigenvalue weighted by Gasteiger charge is -2.28. The molecule has 0 N–H and O–H groups in total. The van der Waals surface area contributed by atoms with Crippen LogP contribution in [0.5, 0.6) is 0 Å². The summed E-state index contributed by atoms with van der Waals surface area (Å²) in [6.07, 6.45) is 2.11. The summed E-state index contributed by atoms with van der Waals surface area (Å²) >= 11 is 0. The van der Waals surface area contributed by atoms with E-state index in [1.54, 1.807) is 0 Å². The molecule has 0 fully saturated rings. The van der Waals surface area contributed by atoms with Gasteiger partial charge in [0.1, 0.15) is 5.69 Å². The normalized spacial score (nSPS) is 18.6. The molecule has 100 valence electrons. The van der Waals surface area contributed by atoms with Crippen LogP contribution in [-0.4, -0.2) is 18.1 Å². The zero-order valence-corrected chi connectivity index (χ0v) is 12.6. The van der Waals surface area contributed by atoms with Gasteiger partial charge >= 0.3 is 0 Å². The summed E-state index contributed by atoms with van der Waals surface area (Å²) in [5.74, 6) is 0.700. The summed E-state index contributed by atoms with van der Waals surface area (Å²) in [6, 6.07) is 2.22. The number of nitrogens with zero attached hydrogens (tertiary/aromatic N) is 3. The zero-order chi connectivity index (χ0) is 14.3. The average molecular weight is 255 g/mol. The predicted molar refractivity (Wildman–Crippen MR) is 79.8 cm³/mol. The van der Waals surface area contributed by atoms with Gasteiger partial charge in [0.05, 0.1) is 0 Å². The van der Waals surface area contributed by atoms with Gasteiger partial charge in [0.15, 0.2) is 6.17 Å². The lowest BCUT2D eigenvalue weighted by atomic mass is 9.97. The largest absolute Gasteiger partial charge is 0.363 e. The van der Waals surface area contributed by atoms with E-state index in [4.69, 9.17) is 6.57 Å². The molecule has 0 saturated carbocycles. The Kier molecular flexibility index (Phi) is 3.28. The van der Waals surface area contributed by atoms with Crippen molar-refractivity contribution >= 4 is 5.69 Å². The lowest BCUT2D eigenvalue weighted by Crippen LogP contribution is -2.36. The number of rotatable bonds is 1. The standard InChI is InChI=1S/C16H21N3/c1-10-8-11(2)13(4)16(12(10)3)19-14(5)18(7)9-15(19)17-6/h8-9,14H,1-5,7H3/t14-/m0/s1. The number of hydrogen-bond donors (Lipinski definition) is 0. The van der Waals surface area contributed by atoms with Gasteiger partial charge in [-0.15, -0.1) is 0 Å². The molecule has 1 aromatic carbocycles. The highest BCUT2D eigenvalue weighted by Gasteiger charge is 2.33. The number of aryl methyl sites for hydroxylation is 2. The lowest BCUT2D eigenvalue weighted by molar-refractivity contribution is 0.382. The Balaban J connectivity index is 2.66. The van der Waals surface area contributed by atoms with Gasteiger partial charge in [0, 0.05) is 13.2 Å². The van der Waals surface area contributed by atoms with Crippen LogP contribution in [0.1, 0.15) is 29.2 Å². The SMILES string of the molecule is [C-]#[N+]C1=CN(C)[C@H](C)N1c1c(C)c(C)cc(C)c1C. The quantitative estimate of drug-likeness (QED) is 0.708.